The molecule has 0 heterocycles. The molecule has 2 aromatic rings. The minimum Gasteiger partial charge on any atom is -0.489 e. The van der Waals surface area contributed by atoms with Gasteiger partial charge in [-0.3, -0.25) is 0 Å². The summed E-state index contributed by atoms with van der Waals surface area (Å²) in [7, 11) is 0. The molecule has 2 rings (SSSR count). The second-order valence-electron chi connectivity index (χ2n) is 3.41. The van der Waals surface area contributed by atoms with E-state index in [9.17, 15) is 0 Å². The Balaban J connectivity index is 2.05. The fraction of sp³-hybridized carbons (Fsp3) is 0.143. The number of para-hydroxylation sites is 1. The lowest BCUT2D eigenvalue weighted by molar-refractivity contribution is 0.303. The van der Waals surface area contributed by atoms with Gasteiger partial charge < -0.3 is 4.74 Å². The zero-order valence-electron chi connectivity index (χ0n) is 9.22. The number of rotatable bonds is 4. The SMILES string of the molecule is CSc1ccccc1COc1ccccc1. The third kappa shape index (κ3) is 2.80. The van der Waals surface area contributed by atoms with Gasteiger partial charge in [0.1, 0.15) is 12.4 Å². The standard InChI is InChI=1S/C14H14OS/c1-16-14-10-6-5-7-12(14)11-15-13-8-3-2-4-9-13/h2-10H,11H2,1H3. The van der Waals surface area contributed by atoms with Gasteiger partial charge in [0.25, 0.3) is 0 Å². The summed E-state index contributed by atoms with van der Waals surface area (Å²) < 4.78 is 5.72. The average molecular weight is 230 g/mol. The number of hydrogen-bond donors (Lipinski definition) is 0. The highest BCUT2D eigenvalue weighted by Crippen LogP contribution is 2.21. The van der Waals surface area contributed by atoms with Crippen LogP contribution in [0, 0.1) is 0 Å². The third-order valence-corrected chi connectivity index (χ3v) is 3.17. The Kier molecular flexibility index (Phi) is 3.89. The van der Waals surface area contributed by atoms with Crippen molar-refractivity contribution in [2.45, 2.75) is 11.5 Å². The van der Waals surface area contributed by atoms with Crippen molar-refractivity contribution in [2.75, 3.05) is 6.26 Å². The number of benzene rings is 2. The zero-order chi connectivity index (χ0) is 11.2. The molecule has 0 saturated heterocycles. The molecule has 0 saturated carbocycles. The van der Waals surface area contributed by atoms with E-state index in [1.807, 2.05) is 36.4 Å². The maximum Gasteiger partial charge on any atom is 0.119 e. The van der Waals surface area contributed by atoms with Gasteiger partial charge in [-0.15, -0.1) is 11.8 Å². The summed E-state index contributed by atoms with van der Waals surface area (Å²) in [4.78, 5) is 1.28. The summed E-state index contributed by atoms with van der Waals surface area (Å²) in [6.07, 6.45) is 2.08. The Labute approximate surface area is 100 Å². The van der Waals surface area contributed by atoms with Gasteiger partial charge in [-0.05, 0) is 24.5 Å². The van der Waals surface area contributed by atoms with Crippen LogP contribution in [0.4, 0.5) is 0 Å². The predicted octanol–water partition coefficient (Wildman–Crippen LogP) is 3.99. The molecule has 0 aliphatic heterocycles. The van der Waals surface area contributed by atoms with E-state index in [0.717, 1.165) is 5.75 Å². The molecule has 0 bridgehead atoms. The second kappa shape index (κ2) is 5.61. The van der Waals surface area contributed by atoms with E-state index in [-0.39, 0.29) is 0 Å². The van der Waals surface area contributed by atoms with Crippen LogP contribution >= 0.6 is 11.8 Å². The van der Waals surface area contributed by atoms with Gasteiger partial charge in [0.15, 0.2) is 0 Å². The molecule has 0 aliphatic rings. The van der Waals surface area contributed by atoms with Gasteiger partial charge in [-0.25, -0.2) is 0 Å². The first-order valence-corrected chi connectivity index (χ1v) is 6.42. The Morgan fingerprint density at radius 2 is 1.62 bits per heavy atom. The molecule has 0 atom stereocenters. The fourth-order valence-electron chi connectivity index (χ4n) is 1.50. The molecule has 0 radical (unpaired) electrons. The smallest absolute Gasteiger partial charge is 0.119 e. The lowest BCUT2D eigenvalue weighted by Crippen LogP contribution is -1.96. The molecule has 0 aliphatic carbocycles. The van der Waals surface area contributed by atoms with Crippen LogP contribution < -0.4 is 4.74 Å². The third-order valence-electron chi connectivity index (χ3n) is 2.33. The van der Waals surface area contributed by atoms with Gasteiger partial charge in [0, 0.05) is 10.5 Å². The summed E-state index contributed by atoms with van der Waals surface area (Å²) in [6, 6.07) is 18.2. The summed E-state index contributed by atoms with van der Waals surface area (Å²) in [5, 5.41) is 0. The molecule has 16 heavy (non-hydrogen) atoms. The number of ether oxygens (including phenoxy) is 1. The van der Waals surface area contributed by atoms with Crippen LogP contribution in [0.2, 0.25) is 0 Å². The van der Waals surface area contributed by atoms with E-state index in [1.54, 1.807) is 11.8 Å². The molecule has 0 amide bonds. The monoisotopic (exact) mass is 230 g/mol. The molecular formula is C14H14OS. The second-order valence-corrected chi connectivity index (χ2v) is 4.26. The molecule has 2 aromatic carbocycles. The van der Waals surface area contributed by atoms with Gasteiger partial charge in [0.2, 0.25) is 0 Å². The minimum atomic E-state index is 0.626. The highest BCUT2D eigenvalue weighted by Gasteiger charge is 2.00. The Bertz CT molecular complexity index is 439. The Hall–Kier alpha value is -1.41. The van der Waals surface area contributed by atoms with Crippen LogP contribution in [0.5, 0.6) is 5.75 Å². The molecule has 0 N–H and O–H groups in total. The molecule has 82 valence electrons. The number of thioether (sulfide) groups is 1. The Morgan fingerprint density at radius 3 is 2.38 bits per heavy atom. The van der Waals surface area contributed by atoms with Crippen molar-refractivity contribution in [3.8, 4) is 5.75 Å². The topological polar surface area (TPSA) is 9.23 Å². The average Bonchev–Trinajstić information content (AvgIpc) is 2.38. The first kappa shape index (κ1) is 11.1. The first-order chi connectivity index (χ1) is 7.90. The summed E-state index contributed by atoms with van der Waals surface area (Å²) in [5.74, 6) is 0.915. The summed E-state index contributed by atoms with van der Waals surface area (Å²) in [5.41, 5.74) is 1.24. The van der Waals surface area contributed by atoms with Crippen LogP contribution in [0.3, 0.4) is 0 Å². The highest BCUT2D eigenvalue weighted by atomic mass is 32.2. The van der Waals surface area contributed by atoms with Crippen LogP contribution in [-0.2, 0) is 6.61 Å². The van der Waals surface area contributed by atoms with Crippen LogP contribution in [0.15, 0.2) is 59.5 Å². The number of hydrogen-bond acceptors (Lipinski definition) is 2. The van der Waals surface area contributed by atoms with E-state index < -0.39 is 0 Å². The normalized spacial score (nSPS) is 10.1. The van der Waals surface area contributed by atoms with Gasteiger partial charge in [0.05, 0.1) is 0 Å². The maximum atomic E-state index is 5.72. The lowest BCUT2D eigenvalue weighted by atomic mass is 10.2. The predicted molar refractivity (Wildman–Crippen MR) is 69.0 cm³/mol. The molecule has 2 heteroatoms. The summed E-state index contributed by atoms with van der Waals surface area (Å²) >= 11 is 1.75. The molecule has 1 nitrogen and oxygen atoms in total. The van der Waals surface area contributed by atoms with Crippen LogP contribution in [-0.4, -0.2) is 6.26 Å². The van der Waals surface area contributed by atoms with E-state index in [0.29, 0.717) is 6.61 Å². The van der Waals surface area contributed by atoms with Crippen molar-refractivity contribution in [2.24, 2.45) is 0 Å². The van der Waals surface area contributed by atoms with E-state index in [2.05, 4.69) is 24.5 Å². The zero-order valence-corrected chi connectivity index (χ0v) is 10.0. The summed E-state index contributed by atoms with van der Waals surface area (Å²) in [6.45, 7) is 0.626. The van der Waals surface area contributed by atoms with Crippen molar-refractivity contribution in [1.29, 1.82) is 0 Å². The molecular weight excluding hydrogens is 216 g/mol. The Morgan fingerprint density at radius 1 is 0.938 bits per heavy atom. The van der Waals surface area contributed by atoms with Crippen molar-refractivity contribution in [3.63, 3.8) is 0 Å². The van der Waals surface area contributed by atoms with E-state index in [4.69, 9.17) is 4.74 Å². The van der Waals surface area contributed by atoms with Crippen molar-refractivity contribution >= 4 is 11.8 Å². The molecule has 0 aromatic heterocycles. The van der Waals surface area contributed by atoms with Crippen LogP contribution in [0.25, 0.3) is 0 Å². The van der Waals surface area contributed by atoms with Gasteiger partial charge in [-0.2, -0.15) is 0 Å². The fourth-order valence-corrected chi connectivity index (χ4v) is 2.10. The van der Waals surface area contributed by atoms with Crippen molar-refractivity contribution < 1.29 is 4.74 Å². The minimum absolute atomic E-state index is 0.626. The van der Waals surface area contributed by atoms with Crippen LogP contribution in [0.1, 0.15) is 5.56 Å². The van der Waals surface area contributed by atoms with Crippen molar-refractivity contribution in [3.05, 3.63) is 60.2 Å². The molecule has 0 fully saturated rings. The van der Waals surface area contributed by atoms with E-state index >= 15 is 0 Å². The lowest BCUT2D eigenvalue weighted by Gasteiger charge is -2.09. The molecule has 0 unspecified atom stereocenters. The maximum absolute atomic E-state index is 5.72. The largest absolute Gasteiger partial charge is 0.489 e. The highest BCUT2D eigenvalue weighted by molar-refractivity contribution is 7.98. The quantitative estimate of drug-likeness (QED) is 0.734. The molecule has 0 spiro atoms. The van der Waals surface area contributed by atoms with Gasteiger partial charge >= 0.3 is 0 Å². The van der Waals surface area contributed by atoms with Gasteiger partial charge in [-0.1, -0.05) is 36.4 Å². The first-order valence-electron chi connectivity index (χ1n) is 5.20. The van der Waals surface area contributed by atoms with Crippen molar-refractivity contribution in [1.82, 2.24) is 0 Å². The van der Waals surface area contributed by atoms with E-state index in [1.165, 1.54) is 10.5 Å².